The Hall–Kier alpha value is -0.550. The minimum atomic E-state index is -0.103. The fraction of sp³-hybridized carbons (Fsp3) is 0.917. The molecule has 0 aliphatic heterocycles. The summed E-state index contributed by atoms with van der Waals surface area (Å²) in [5.41, 5.74) is 14.1. The van der Waals surface area contributed by atoms with Crippen molar-refractivity contribution >= 4 is 61.4 Å². The highest BCUT2D eigenvalue weighted by molar-refractivity contribution is 8.77. The zero-order valence-electron chi connectivity index (χ0n) is 33.9. The smallest absolute Gasteiger partial charge is 0.246 e. The number of unbranched alkanes of at least 4 members (excludes halogenated alkanes) is 1. The normalized spacial score (nSPS) is 12.1. The van der Waals surface area contributed by atoms with Crippen LogP contribution in [-0.2, 0) is 23.9 Å². The van der Waals surface area contributed by atoms with E-state index in [0.717, 1.165) is 133 Å². The Labute approximate surface area is 349 Å². The van der Waals surface area contributed by atoms with Crippen molar-refractivity contribution in [2.75, 3.05) is 134 Å². The molecular formula is C36H78N10O5S4. The summed E-state index contributed by atoms with van der Waals surface area (Å²) in [7, 11) is 6.99. The molecule has 55 heavy (non-hydrogen) atoms. The Kier molecular flexibility index (Phi) is 47.3. The molecule has 0 aromatic rings. The molecule has 0 saturated carbocycles. The zero-order valence-corrected chi connectivity index (χ0v) is 37.1. The summed E-state index contributed by atoms with van der Waals surface area (Å²) in [6.07, 6.45) is 10.9. The van der Waals surface area contributed by atoms with E-state index >= 15 is 0 Å². The molecule has 0 bridgehead atoms. The maximum Gasteiger partial charge on any atom is 0.246 e. The second-order valence-electron chi connectivity index (χ2n) is 12.6. The molecule has 0 aliphatic carbocycles. The van der Waals surface area contributed by atoms with Gasteiger partial charge >= 0.3 is 0 Å². The third kappa shape index (κ3) is 46.0. The lowest BCUT2D eigenvalue weighted by atomic mass is 10.2. The molecule has 0 heterocycles. The number of carbonyl (C=O) groups is 2. The average Bonchev–Trinajstić information content (AvgIpc) is 3.19. The Morgan fingerprint density at radius 1 is 0.655 bits per heavy atom. The van der Waals surface area contributed by atoms with E-state index < -0.39 is 0 Å². The van der Waals surface area contributed by atoms with Gasteiger partial charge in [0.1, 0.15) is 6.61 Å². The van der Waals surface area contributed by atoms with Crippen LogP contribution in [0.3, 0.4) is 0 Å². The Balaban J connectivity index is 3.68. The predicted octanol–water partition coefficient (Wildman–Crippen LogP) is 2.13. The van der Waals surface area contributed by atoms with Crippen molar-refractivity contribution in [2.24, 2.45) is 16.5 Å². The van der Waals surface area contributed by atoms with Gasteiger partial charge in [0.05, 0.1) is 25.9 Å². The average molecular weight is 859 g/mol. The number of hydrogen-bond donors (Lipinski definition) is 9. The summed E-state index contributed by atoms with van der Waals surface area (Å²) < 4.78 is 11.2. The summed E-state index contributed by atoms with van der Waals surface area (Å²) in [5.74, 6) is 3.51. The van der Waals surface area contributed by atoms with E-state index in [2.05, 4.69) is 49.3 Å². The largest absolute Gasteiger partial charge is 0.484 e. The fourth-order valence-corrected chi connectivity index (χ4v) is 8.29. The first-order chi connectivity index (χ1) is 27.1. The zero-order chi connectivity index (χ0) is 40.0. The molecular weight excluding hydrogens is 781 g/mol. The summed E-state index contributed by atoms with van der Waals surface area (Å²) in [6.45, 7) is 14.9. The van der Waals surface area contributed by atoms with E-state index in [0.29, 0.717) is 45.8 Å². The van der Waals surface area contributed by atoms with E-state index in [4.69, 9.17) is 25.8 Å². The Morgan fingerprint density at radius 3 is 2.05 bits per heavy atom. The first kappa shape index (κ1) is 54.5. The highest BCUT2D eigenvalue weighted by atomic mass is 33.1. The molecule has 2 amide bonds. The Bertz CT molecular complexity index is 850. The molecule has 326 valence electrons. The second-order valence-corrected chi connectivity index (χ2v) is 18.0. The third-order valence-electron chi connectivity index (χ3n) is 7.46. The lowest BCUT2D eigenvalue weighted by molar-refractivity contribution is -0.127. The number of nitrogens with one attached hydrogen (secondary N) is 7. The summed E-state index contributed by atoms with van der Waals surface area (Å²) in [6, 6.07) is 0. The number of carbonyl (C=O) groups excluding carboxylic acids is 2. The minimum Gasteiger partial charge on any atom is -0.484 e. The number of nitrogens with two attached hydrogens (primary N) is 2. The summed E-state index contributed by atoms with van der Waals surface area (Å²) in [4.78, 5) is 34.2. The molecule has 15 nitrogen and oxygen atoms in total. The molecule has 0 spiro atoms. The monoisotopic (exact) mass is 859 g/mol. The first-order valence-corrected chi connectivity index (χ1v) is 25.4. The van der Waals surface area contributed by atoms with Gasteiger partial charge in [-0.1, -0.05) is 50.1 Å². The number of hydroxylamine groups is 1. The Morgan fingerprint density at radius 2 is 1.29 bits per heavy atom. The van der Waals surface area contributed by atoms with Crippen LogP contribution in [0.5, 0.6) is 0 Å². The lowest BCUT2D eigenvalue weighted by Crippen LogP contribution is -2.37. The van der Waals surface area contributed by atoms with Crippen LogP contribution in [0.25, 0.3) is 0 Å². The number of hydrogen-bond acceptors (Lipinski definition) is 17. The number of amides is 2. The molecule has 0 fully saturated rings. The highest BCUT2D eigenvalue weighted by Crippen LogP contribution is 2.22. The quantitative estimate of drug-likeness (QED) is 0.0141. The molecule has 0 saturated heterocycles. The maximum atomic E-state index is 12.3. The summed E-state index contributed by atoms with van der Waals surface area (Å²) in [5, 5.41) is 19.6. The second kappa shape index (κ2) is 47.8. The number of rotatable bonds is 46. The topological polar surface area (TPSA) is 210 Å². The number of aliphatic imine (C=N–C) groups is 1. The van der Waals surface area contributed by atoms with Gasteiger partial charge in [-0.15, -0.1) is 0 Å². The van der Waals surface area contributed by atoms with Gasteiger partial charge in [0, 0.05) is 55.6 Å². The lowest BCUT2D eigenvalue weighted by Gasteiger charge is -2.19. The van der Waals surface area contributed by atoms with Gasteiger partial charge in [0.15, 0.2) is 6.40 Å². The van der Waals surface area contributed by atoms with Crippen LogP contribution in [-0.4, -0.2) is 159 Å². The molecule has 19 heteroatoms. The van der Waals surface area contributed by atoms with Crippen LogP contribution in [0.1, 0.15) is 71.1 Å². The molecule has 0 aromatic carbocycles. The SMILES string of the molecule is CCCOC=NCCSSCCNC(=O)COC(CCNCCCNC(=O)CCSSCCCONCCCNCCCCNCCCN)CNCCCN. The van der Waals surface area contributed by atoms with Gasteiger partial charge in [-0.3, -0.25) is 14.6 Å². The molecule has 0 aromatic heterocycles. The highest BCUT2D eigenvalue weighted by Gasteiger charge is 2.12. The molecule has 11 N–H and O–H groups in total. The van der Waals surface area contributed by atoms with Crippen LogP contribution in [0.2, 0.25) is 0 Å². The van der Waals surface area contributed by atoms with E-state index in [1.807, 2.05) is 0 Å². The molecule has 0 aliphatic rings. The predicted molar refractivity (Wildman–Crippen MR) is 240 cm³/mol. The van der Waals surface area contributed by atoms with Gasteiger partial charge < -0.3 is 57.7 Å². The van der Waals surface area contributed by atoms with E-state index in [1.165, 1.54) is 19.2 Å². The van der Waals surface area contributed by atoms with Crippen LogP contribution in [0.4, 0.5) is 0 Å². The molecule has 1 atom stereocenters. The van der Waals surface area contributed by atoms with Gasteiger partial charge in [0.2, 0.25) is 11.8 Å². The fourth-order valence-electron chi connectivity index (χ4n) is 4.46. The number of ether oxygens (including phenoxy) is 2. The van der Waals surface area contributed by atoms with Crippen LogP contribution in [0, 0.1) is 0 Å². The minimum absolute atomic E-state index is 0.0387. The van der Waals surface area contributed by atoms with E-state index in [1.54, 1.807) is 43.2 Å². The molecule has 0 rings (SSSR count). The van der Waals surface area contributed by atoms with Crippen LogP contribution >= 0.6 is 43.2 Å². The van der Waals surface area contributed by atoms with Crippen molar-refractivity contribution in [2.45, 2.75) is 77.2 Å². The van der Waals surface area contributed by atoms with Crippen molar-refractivity contribution in [3.8, 4) is 0 Å². The van der Waals surface area contributed by atoms with Crippen molar-refractivity contribution in [3.63, 3.8) is 0 Å². The van der Waals surface area contributed by atoms with Crippen LogP contribution in [0.15, 0.2) is 4.99 Å². The van der Waals surface area contributed by atoms with Crippen molar-refractivity contribution in [1.29, 1.82) is 0 Å². The maximum absolute atomic E-state index is 12.3. The number of nitrogens with zero attached hydrogens (tertiary/aromatic N) is 1. The van der Waals surface area contributed by atoms with Gasteiger partial charge in [-0.2, -0.15) is 0 Å². The van der Waals surface area contributed by atoms with Gasteiger partial charge in [-0.05, 0) is 117 Å². The van der Waals surface area contributed by atoms with Crippen LogP contribution < -0.4 is 48.8 Å². The van der Waals surface area contributed by atoms with Gasteiger partial charge in [0.25, 0.3) is 0 Å². The van der Waals surface area contributed by atoms with E-state index in [-0.39, 0.29) is 24.5 Å². The van der Waals surface area contributed by atoms with Gasteiger partial charge in [-0.25, -0.2) is 5.48 Å². The molecule has 0 radical (unpaired) electrons. The van der Waals surface area contributed by atoms with E-state index in [9.17, 15) is 9.59 Å². The van der Waals surface area contributed by atoms with Crippen molar-refractivity contribution in [3.05, 3.63) is 0 Å². The standard InChI is InChI=1S/C36H78N10O5S4/c1-2-25-49-33-43-23-29-54-55-30-24-45-36(48)32-50-34(31-42-17-6-13-38)10-22-41-18-7-20-44-35(47)11-28-53-52-27-9-26-51-46-21-8-19-40-15-4-3-14-39-16-5-12-37/h33-34,39-42,46H,2-32,37-38H2,1H3,(H,44,47)(H,45,48). The molecule has 1 unspecified atom stereocenters. The van der Waals surface area contributed by atoms with Crippen molar-refractivity contribution < 1.29 is 23.9 Å². The third-order valence-corrected chi connectivity index (χ3v) is 12.3. The summed E-state index contributed by atoms with van der Waals surface area (Å²) >= 11 is 0. The first-order valence-electron chi connectivity index (χ1n) is 20.4. The van der Waals surface area contributed by atoms with Crippen molar-refractivity contribution in [1.82, 2.24) is 37.4 Å².